The highest BCUT2D eigenvalue weighted by atomic mass is 32.1. The van der Waals surface area contributed by atoms with Crippen LogP contribution in [0.4, 0.5) is 5.69 Å². The first-order valence-electron chi connectivity index (χ1n) is 5.06. The van der Waals surface area contributed by atoms with Gasteiger partial charge in [-0.3, -0.25) is 0 Å². The van der Waals surface area contributed by atoms with Crippen LogP contribution in [0.5, 0.6) is 0 Å². The predicted octanol–water partition coefficient (Wildman–Crippen LogP) is 3.63. The highest BCUT2D eigenvalue weighted by Crippen LogP contribution is 2.25. The first-order chi connectivity index (χ1) is 7.77. The van der Waals surface area contributed by atoms with Gasteiger partial charge in [0.25, 0.3) is 0 Å². The number of aromatic amines is 1. The third-order valence-corrected chi connectivity index (χ3v) is 3.21. The van der Waals surface area contributed by atoms with Gasteiger partial charge in [0.1, 0.15) is 0 Å². The highest BCUT2D eigenvalue weighted by Gasteiger charge is 2.03. The lowest BCUT2D eigenvalue weighted by Crippen LogP contribution is -1.91. The summed E-state index contributed by atoms with van der Waals surface area (Å²) in [5, 5.41) is 2.07. The number of H-pyrrole nitrogens is 1. The van der Waals surface area contributed by atoms with E-state index in [4.69, 9.17) is 18.0 Å². The van der Waals surface area contributed by atoms with Gasteiger partial charge >= 0.3 is 0 Å². The van der Waals surface area contributed by atoms with Gasteiger partial charge in [-0.05, 0) is 12.1 Å². The van der Waals surface area contributed by atoms with E-state index in [9.17, 15) is 0 Å². The fourth-order valence-electron chi connectivity index (χ4n) is 1.97. The first kappa shape index (κ1) is 9.36. The van der Waals surface area contributed by atoms with Crippen molar-refractivity contribution in [3.05, 3.63) is 47.0 Å². The molecule has 2 nitrogen and oxygen atoms in total. The molecule has 1 aromatic heterocycles. The second-order valence-corrected chi connectivity index (χ2v) is 4.18. The van der Waals surface area contributed by atoms with Gasteiger partial charge in [0, 0.05) is 16.3 Å². The van der Waals surface area contributed by atoms with E-state index in [1.165, 1.54) is 0 Å². The maximum absolute atomic E-state index is 5.94. The molecular formula is C13H10N2S. The molecule has 0 saturated heterocycles. The number of hydrogen-bond donors (Lipinski definition) is 2. The summed E-state index contributed by atoms with van der Waals surface area (Å²) in [5.74, 6) is 0. The third kappa shape index (κ3) is 1.22. The molecule has 3 heteroatoms. The van der Waals surface area contributed by atoms with Crippen LogP contribution in [0.15, 0.2) is 42.5 Å². The van der Waals surface area contributed by atoms with Crippen LogP contribution in [-0.4, -0.2) is 4.98 Å². The molecule has 0 atom stereocenters. The average molecular weight is 226 g/mol. The normalized spacial score (nSPS) is 11.0. The van der Waals surface area contributed by atoms with Gasteiger partial charge in [0.05, 0.1) is 15.7 Å². The Hall–Kier alpha value is -1.87. The number of rotatable bonds is 0. The summed E-state index contributed by atoms with van der Waals surface area (Å²) in [6, 6.07) is 13.8. The number of aromatic nitrogens is 1. The molecule has 0 radical (unpaired) electrons. The molecule has 0 amide bonds. The Morgan fingerprint density at radius 1 is 0.938 bits per heavy atom. The summed E-state index contributed by atoms with van der Waals surface area (Å²) in [7, 11) is 0. The summed E-state index contributed by atoms with van der Waals surface area (Å²) >= 11 is 5.48. The molecule has 1 heterocycles. The van der Waals surface area contributed by atoms with Crippen molar-refractivity contribution in [2.45, 2.75) is 0 Å². The van der Waals surface area contributed by atoms with E-state index in [2.05, 4.69) is 4.98 Å². The van der Waals surface area contributed by atoms with Crippen molar-refractivity contribution in [2.75, 3.05) is 5.73 Å². The van der Waals surface area contributed by atoms with Gasteiger partial charge in [-0.15, -0.1) is 0 Å². The zero-order chi connectivity index (χ0) is 11.1. The Balaban J connectivity index is 2.67. The number of nitrogens with two attached hydrogens (primary N) is 1. The van der Waals surface area contributed by atoms with Crippen molar-refractivity contribution < 1.29 is 0 Å². The molecule has 0 fully saturated rings. The van der Waals surface area contributed by atoms with Crippen LogP contribution in [0.2, 0.25) is 0 Å². The molecule has 0 saturated carbocycles. The monoisotopic (exact) mass is 226 g/mol. The minimum absolute atomic E-state index is 0.731. The second-order valence-electron chi connectivity index (χ2n) is 3.77. The molecule has 78 valence electrons. The van der Waals surface area contributed by atoms with Crippen molar-refractivity contribution in [1.82, 2.24) is 4.98 Å². The van der Waals surface area contributed by atoms with E-state index in [1.807, 2.05) is 42.5 Å². The van der Waals surface area contributed by atoms with Crippen LogP contribution in [-0.2, 0) is 0 Å². The molecule has 2 aromatic carbocycles. The largest absolute Gasteiger partial charge is 0.397 e. The molecule has 3 N–H and O–H groups in total. The SMILES string of the molecule is Nc1cccc2c(=S)c3ccccc3[nH]c12. The maximum Gasteiger partial charge on any atom is 0.0706 e. The quantitative estimate of drug-likeness (QED) is 0.349. The van der Waals surface area contributed by atoms with Crippen molar-refractivity contribution in [1.29, 1.82) is 0 Å². The van der Waals surface area contributed by atoms with Gasteiger partial charge < -0.3 is 10.7 Å². The zero-order valence-corrected chi connectivity index (χ0v) is 9.34. The minimum atomic E-state index is 0.731. The summed E-state index contributed by atoms with van der Waals surface area (Å²) in [4.78, 5) is 3.33. The molecule has 0 aliphatic rings. The Labute approximate surface area is 97.7 Å². The molecule has 3 rings (SSSR count). The first-order valence-corrected chi connectivity index (χ1v) is 5.47. The van der Waals surface area contributed by atoms with Crippen LogP contribution in [0.3, 0.4) is 0 Å². The van der Waals surface area contributed by atoms with Crippen LogP contribution in [0.25, 0.3) is 21.8 Å². The molecule has 16 heavy (non-hydrogen) atoms. The zero-order valence-electron chi connectivity index (χ0n) is 8.53. The number of para-hydroxylation sites is 2. The fourth-order valence-corrected chi connectivity index (χ4v) is 2.32. The van der Waals surface area contributed by atoms with E-state index in [0.717, 1.165) is 32.0 Å². The topological polar surface area (TPSA) is 41.8 Å². The van der Waals surface area contributed by atoms with Gasteiger partial charge in [0.2, 0.25) is 0 Å². The maximum atomic E-state index is 5.94. The fraction of sp³-hybridized carbons (Fsp3) is 0. The Morgan fingerprint density at radius 2 is 1.69 bits per heavy atom. The molecule has 0 unspecified atom stereocenters. The molecule has 0 aliphatic carbocycles. The summed E-state index contributed by atoms with van der Waals surface area (Å²) in [6.07, 6.45) is 0. The van der Waals surface area contributed by atoms with Gasteiger partial charge in [-0.1, -0.05) is 42.5 Å². The Bertz CT molecular complexity index is 744. The molecule has 3 aromatic rings. The lowest BCUT2D eigenvalue weighted by molar-refractivity contribution is 1.49. The summed E-state index contributed by atoms with van der Waals surface area (Å²) in [5.41, 5.74) is 8.62. The number of pyridine rings is 1. The Kier molecular flexibility index (Phi) is 1.94. The van der Waals surface area contributed by atoms with Crippen molar-refractivity contribution in [3.63, 3.8) is 0 Å². The van der Waals surface area contributed by atoms with Crippen LogP contribution < -0.4 is 5.73 Å². The third-order valence-electron chi connectivity index (χ3n) is 2.77. The van der Waals surface area contributed by atoms with E-state index in [-0.39, 0.29) is 0 Å². The van der Waals surface area contributed by atoms with E-state index in [0.29, 0.717) is 0 Å². The molecule has 0 aliphatic heterocycles. The minimum Gasteiger partial charge on any atom is -0.397 e. The Morgan fingerprint density at radius 3 is 2.56 bits per heavy atom. The summed E-state index contributed by atoms with van der Waals surface area (Å²) < 4.78 is 0.858. The smallest absolute Gasteiger partial charge is 0.0706 e. The lowest BCUT2D eigenvalue weighted by Gasteiger charge is -2.05. The number of hydrogen-bond acceptors (Lipinski definition) is 2. The number of nitrogen functional groups attached to an aromatic ring is 1. The van der Waals surface area contributed by atoms with Gasteiger partial charge in [-0.2, -0.15) is 0 Å². The van der Waals surface area contributed by atoms with Crippen LogP contribution in [0, 0.1) is 4.51 Å². The average Bonchev–Trinajstić information content (AvgIpc) is 2.31. The molecule has 0 bridgehead atoms. The van der Waals surface area contributed by atoms with E-state index in [1.54, 1.807) is 0 Å². The van der Waals surface area contributed by atoms with Crippen LogP contribution >= 0.6 is 12.2 Å². The molecular weight excluding hydrogens is 216 g/mol. The number of benzene rings is 2. The van der Waals surface area contributed by atoms with E-state index < -0.39 is 0 Å². The predicted molar refractivity (Wildman–Crippen MR) is 71.1 cm³/mol. The van der Waals surface area contributed by atoms with Crippen molar-refractivity contribution >= 4 is 39.7 Å². The van der Waals surface area contributed by atoms with Crippen molar-refractivity contribution in [3.8, 4) is 0 Å². The van der Waals surface area contributed by atoms with Gasteiger partial charge in [-0.25, -0.2) is 0 Å². The standard InChI is InChI=1S/C13H10N2S/c14-10-6-3-5-9-12(10)15-11-7-2-1-4-8(11)13(9)16/h1-7H,14H2,(H,15,16). The highest BCUT2D eigenvalue weighted by molar-refractivity contribution is 7.72. The van der Waals surface area contributed by atoms with Gasteiger partial charge in [0.15, 0.2) is 0 Å². The number of nitrogens with one attached hydrogen (secondary N) is 1. The van der Waals surface area contributed by atoms with Crippen LogP contribution in [0.1, 0.15) is 0 Å². The number of fused-ring (bicyclic) bond motifs is 2. The lowest BCUT2D eigenvalue weighted by atomic mass is 10.1. The molecule has 0 spiro atoms. The number of anilines is 1. The second kappa shape index (κ2) is 3.32. The summed E-state index contributed by atoms with van der Waals surface area (Å²) in [6.45, 7) is 0. The van der Waals surface area contributed by atoms with E-state index >= 15 is 0 Å². The van der Waals surface area contributed by atoms with Crippen molar-refractivity contribution in [2.24, 2.45) is 0 Å².